The maximum absolute atomic E-state index is 8.38. The normalized spacial score (nSPS) is 24.4. The molecule has 1 aliphatic carbocycles. The number of hydrogen-bond donors (Lipinski definition) is 2. The molecule has 0 amide bonds. The zero-order valence-corrected chi connectivity index (χ0v) is 4.52. The maximum atomic E-state index is 8.38. The Bertz CT molecular complexity index is 81.0. The molecule has 0 aromatic rings. The molecular formula is C3H6BClO2. The van der Waals surface area contributed by atoms with Crippen LogP contribution in [0, 0.1) is 0 Å². The average Bonchev–Trinajstić information content (AvgIpc) is 2.21. The lowest BCUT2D eigenvalue weighted by Crippen LogP contribution is -2.27. The standard InChI is InChI=1S/C3H6BClO2/c5-3(1-2-3)4(6)7/h6-7H,1-2H2. The smallest absolute Gasteiger partial charge is 0.426 e. The molecule has 1 rings (SSSR count). The third-order valence-electron chi connectivity index (χ3n) is 1.19. The molecule has 0 spiro atoms. The molecule has 0 radical (unpaired) electrons. The fourth-order valence-corrected chi connectivity index (χ4v) is 0.472. The molecule has 0 bridgehead atoms. The molecular weight excluding hydrogens is 114 g/mol. The van der Waals surface area contributed by atoms with Crippen molar-refractivity contribution in [3.05, 3.63) is 0 Å². The number of hydrogen-bond acceptors (Lipinski definition) is 2. The van der Waals surface area contributed by atoms with Crippen LogP contribution < -0.4 is 0 Å². The van der Waals surface area contributed by atoms with Gasteiger partial charge < -0.3 is 10.0 Å². The van der Waals surface area contributed by atoms with Crippen molar-refractivity contribution in [1.29, 1.82) is 0 Å². The second kappa shape index (κ2) is 1.37. The van der Waals surface area contributed by atoms with Crippen LogP contribution in [0.4, 0.5) is 0 Å². The summed E-state index contributed by atoms with van der Waals surface area (Å²) >= 11 is 5.48. The van der Waals surface area contributed by atoms with Gasteiger partial charge >= 0.3 is 7.12 Å². The van der Waals surface area contributed by atoms with Crippen molar-refractivity contribution in [2.24, 2.45) is 0 Å². The van der Waals surface area contributed by atoms with E-state index >= 15 is 0 Å². The minimum absolute atomic E-state index is 0.667. The molecule has 0 heterocycles. The van der Waals surface area contributed by atoms with Gasteiger partial charge in [-0.15, -0.1) is 11.6 Å². The lowest BCUT2D eigenvalue weighted by molar-refractivity contribution is 0.399. The van der Waals surface area contributed by atoms with Gasteiger partial charge in [-0.3, -0.25) is 0 Å². The Morgan fingerprint density at radius 2 is 1.86 bits per heavy atom. The van der Waals surface area contributed by atoms with E-state index in [0.717, 1.165) is 12.8 Å². The van der Waals surface area contributed by atoms with Gasteiger partial charge in [0.15, 0.2) is 0 Å². The first-order chi connectivity index (χ1) is 3.15. The van der Waals surface area contributed by atoms with E-state index in [4.69, 9.17) is 21.6 Å². The Labute approximate surface area is 47.2 Å². The van der Waals surface area contributed by atoms with Crippen molar-refractivity contribution in [3.63, 3.8) is 0 Å². The summed E-state index contributed by atoms with van der Waals surface area (Å²) in [7, 11) is -1.32. The highest BCUT2D eigenvalue weighted by Crippen LogP contribution is 2.42. The van der Waals surface area contributed by atoms with Gasteiger partial charge in [-0.1, -0.05) is 0 Å². The van der Waals surface area contributed by atoms with Crippen LogP contribution in [0.15, 0.2) is 0 Å². The summed E-state index contributed by atoms with van der Waals surface area (Å²) in [4.78, 5) is 0. The number of alkyl halides is 1. The zero-order valence-electron chi connectivity index (χ0n) is 3.76. The first-order valence-corrected chi connectivity index (χ1v) is 2.58. The molecule has 2 nitrogen and oxygen atoms in total. The van der Waals surface area contributed by atoms with Crippen molar-refractivity contribution in [3.8, 4) is 0 Å². The van der Waals surface area contributed by atoms with Crippen molar-refractivity contribution in [2.45, 2.75) is 17.6 Å². The Morgan fingerprint density at radius 3 is 1.86 bits per heavy atom. The molecule has 0 unspecified atom stereocenters. The van der Waals surface area contributed by atoms with E-state index in [1.54, 1.807) is 0 Å². The fraction of sp³-hybridized carbons (Fsp3) is 1.00. The molecule has 0 aromatic heterocycles. The lowest BCUT2D eigenvalue weighted by Gasteiger charge is -1.98. The van der Waals surface area contributed by atoms with E-state index < -0.39 is 11.9 Å². The Balaban J connectivity index is 2.39. The van der Waals surface area contributed by atoms with E-state index in [0.29, 0.717) is 0 Å². The molecule has 1 aliphatic rings. The van der Waals surface area contributed by atoms with Crippen molar-refractivity contribution in [2.75, 3.05) is 0 Å². The third kappa shape index (κ3) is 0.902. The Hall–Kier alpha value is 0.275. The predicted molar refractivity (Wildman–Crippen MR) is 28.0 cm³/mol. The minimum atomic E-state index is -1.32. The van der Waals surface area contributed by atoms with Gasteiger partial charge in [0.05, 0.1) is 4.77 Å². The first kappa shape index (κ1) is 5.41. The quantitative estimate of drug-likeness (QED) is 0.371. The summed E-state index contributed by atoms with van der Waals surface area (Å²) in [6.07, 6.45) is 1.46. The van der Waals surface area contributed by atoms with Crippen molar-refractivity contribution in [1.82, 2.24) is 0 Å². The summed E-state index contributed by atoms with van der Waals surface area (Å²) in [5, 5.41) is 16.8. The molecule has 1 fully saturated rings. The molecule has 0 saturated heterocycles. The van der Waals surface area contributed by atoms with Crippen LogP contribution in [0.2, 0.25) is 0 Å². The summed E-state index contributed by atoms with van der Waals surface area (Å²) in [5.74, 6) is 0. The summed E-state index contributed by atoms with van der Waals surface area (Å²) in [6, 6.07) is 0. The summed E-state index contributed by atoms with van der Waals surface area (Å²) in [6.45, 7) is 0. The second-order valence-corrected chi connectivity index (χ2v) is 2.66. The lowest BCUT2D eigenvalue weighted by atomic mass is 9.83. The maximum Gasteiger partial charge on any atom is 0.473 e. The molecule has 40 valence electrons. The molecule has 7 heavy (non-hydrogen) atoms. The molecule has 2 N–H and O–H groups in total. The summed E-state index contributed by atoms with van der Waals surface area (Å²) in [5.41, 5.74) is 0. The molecule has 0 aliphatic heterocycles. The van der Waals surface area contributed by atoms with Crippen molar-refractivity contribution >= 4 is 18.7 Å². The molecule has 1 saturated carbocycles. The average molecular weight is 120 g/mol. The molecule has 0 aromatic carbocycles. The van der Waals surface area contributed by atoms with Crippen LogP contribution in [0.25, 0.3) is 0 Å². The van der Waals surface area contributed by atoms with Gasteiger partial charge in [-0.2, -0.15) is 0 Å². The summed E-state index contributed by atoms with van der Waals surface area (Å²) < 4.78 is -0.667. The first-order valence-electron chi connectivity index (χ1n) is 2.20. The van der Waals surface area contributed by atoms with Crippen LogP contribution in [0.3, 0.4) is 0 Å². The van der Waals surface area contributed by atoms with E-state index in [9.17, 15) is 0 Å². The van der Waals surface area contributed by atoms with E-state index in [2.05, 4.69) is 0 Å². The van der Waals surface area contributed by atoms with Gasteiger partial charge in [0.1, 0.15) is 0 Å². The van der Waals surface area contributed by atoms with Crippen molar-refractivity contribution < 1.29 is 10.0 Å². The Kier molecular flexibility index (Phi) is 1.06. The fourth-order valence-electron chi connectivity index (χ4n) is 0.378. The van der Waals surface area contributed by atoms with Crippen LogP contribution in [0.1, 0.15) is 12.8 Å². The van der Waals surface area contributed by atoms with Crippen LogP contribution in [-0.4, -0.2) is 21.9 Å². The van der Waals surface area contributed by atoms with Gasteiger partial charge in [-0.25, -0.2) is 0 Å². The highest BCUT2D eigenvalue weighted by molar-refractivity contribution is 6.62. The van der Waals surface area contributed by atoms with Gasteiger partial charge in [0.25, 0.3) is 0 Å². The SMILES string of the molecule is OB(O)C1(Cl)CC1. The Morgan fingerprint density at radius 1 is 1.43 bits per heavy atom. The van der Waals surface area contributed by atoms with Gasteiger partial charge in [0, 0.05) is 0 Å². The minimum Gasteiger partial charge on any atom is -0.426 e. The van der Waals surface area contributed by atoms with Crippen LogP contribution >= 0.6 is 11.6 Å². The topological polar surface area (TPSA) is 40.5 Å². The number of halogens is 1. The largest absolute Gasteiger partial charge is 0.473 e. The van der Waals surface area contributed by atoms with E-state index in [1.807, 2.05) is 0 Å². The molecule has 0 atom stereocenters. The molecule has 4 heteroatoms. The highest BCUT2D eigenvalue weighted by atomic mass is 35.5. The van der Waals surface area contributed by atoms with Gasteiger partial charge in [-0.05, 0) is 12.8 Å². The predicted octanol–water partition coefficient (Wildman–Crippen LogP) is -0.230. The number of rotatable bonds is 1. The van der Waals surface area contributed by atoms with Gasteiger partial charge in [0.2, 0.25) is 0 Å². The highest BCUT2D eigenvalue weighted by Gasteiger charge is 2.51. The second-order valence-electron chi connectivity index (χ2n) is 1.91. The van der Waals surface area contributed by atoms with E-state index in [-0.39, 0.29) is 0 Å². The van der Waals surface area contributed by atoms with Crippen LogP contribution in [-0.2, 0) is 0 Å². The third-order valence-corrected chi connectivity index (χ3v) is 1.76. The zero-order chi connectivity index (χ0) is 5.49. The van der Waals surface area contributed by atoms with Crippen LogP contribution in [0.5, 0.6) is 0 Å². The monoisotopic (exact) mass is 120 g/mol. The van der Waals surface area contributed by atoms with E-state index in [1.165, 1.54) is 0 Å².